The van der Waals surface area contributed by atoms with Crippen LogP contribution in [-0.4, -0.2) is 34.9 Å². The van der Waals surface area contributed by atoms with Gasteiger partial charge in [-0.3, -0.25) is 4.79 Å². The Hall–Kier alpha value is -3.95. The van der Waals surface area contributed by atoms with Gasteiger partial charge >= 0.3 is 0 Å². The summed E-state index contributed by atoms with van der Waals surface area (Å²) < 4.78 is 12.8. The summed E-state index contributed by atoms with van der Waals surface area (Å²) in [6.07, 6.45) is 0. The second kappa shape index (κ2) is 11.4. The van der Waals surface area contributed by atoms with Crippen LogP contribution in [-0.2, 0) is 10.5 Å². The number of halogens is 1. The number of benzene rings is 3. The topological polar surface area (TPSA) is 90.3 Å². The average Bonchev–Trinajstić information content (AvgIpc) is 3.35. The molecule has 10 heteroatoms. The molecular formula is C29H28ClN5O3S. The van der Waals surface area contributed by atoms with Crippen LogP contribution >= 0.6 is 23.4 Å². The molecule has 1 atom stereocenters. The number of anilines is 2. The number of rotatable bonds is 8. The number of nitrogens with zero attached hydrogens (tertiary/aromatic N) is 3. The number of nitrogens with one attached hydrogen (secondary N) is 2. The largest absolute Gasteiger partial charge is 0.493 e. The molecule has 0 radical (unpaired) electrons. The fourth-order valence-corrected chi connectivity index (χ4v) is 5.59. The second-order valence-electron chi connectivity index (χ2n) is 8.99. The van der Waals surface area contributed by atoms with Crippen molar-refractivity contribution < 1.29 is 14.3 Å². The Morgan fingerprint density at radius 2 is 1.79 bits per heavy atom. The molecule has 0 bridgehead atoms. The number of para-hydroxylation sites is 1. The highest BCUT2D eigenvalue weighted by atomic mass is 35.5. The van der Waals surface area contributed by atoms with Crippen LogP contribution in [0.25, 0.3) is 0 Å². The fourth-order valence-electron chi connectivity index (χ4n) is 4.48. The van der Waals surface area contributed by atoms with E-state index >= 15 is 0 Å². The van der Waals surface area contributed by atoms with Gasteiger partial charge in [-0.25, -0.2) is 4.68 Å². The number of methoxy groups -OCH3 is 2. The van der Waals surface area contributed by atoms with E-state index in [1.54, 1.807) is 18.9 Å². The molecule has 3 aromatic carbocycles. The summed E-state index contributed by atoms with van der Waals surface area (Å²) in [6, 6.07) is 20.4. The number of ether oxygens (including phenoxy) is 2. The first-order valence-electron chi connectivity index (χ1n) is 12.3. The van der Waals surface area contributed by atoms with Crippen molar-refractivity contribution in [2.24, 2.45) is 0 Å². The molecule has 1 aliphatic heterocycles. The zero-order valence-corrected chi connectivity index (χ0v) is 23.6. The van der Waals surface area contributed by atoms with Gasteiger partial charge in [0.15, 0.2) is 11.5 Å². The van der Waals surface area contributed by atoms with Crippen molar-refractivity contribution >= 4 is 40.9 Å². The maximum Gasteiger partial charge on any atom is 0.255 e. The normalized spacial score (nSPS) is 14.4. The first-order valence-corrected chi connectivity index (χ1v) is 13.7. The smallest absolute Gasteiger partial charge is 0.255 e. The van der Waals surface area contributed by atoms with Gasteiger partial charge in [0.05, 0.1) is 19.8 Å². The third-order valence-electron chi connectivity index (χ3n) is 6.51. The van der Waals surface area contributed by atoms with Gasteiger partial charge in [0.2, 0.25) is 11.1 Å². The Morgan fingerprint density at radius 3 is 2.54 bits per heavy atom. The Morgan fingerprint density at radius 1 is 1.05 bits per heavy atom. The summed E-state index contributed by atoms with van der Waals surface area (Å²) in [5, 5.41) is 12.4. The summed E-state index contributed by atoms with van der Waals surface area (Å²) in [4.78, 5) is 18.5. The first kappa shape index (κ1) is 26.6. The third kappa shape index (κ3) is 5.46. The maximum atomic E-state index is 13.8. The summed E-state index contributed by atoms with van der Waals surface area (Å²) >= 11 is 7.83. The van der Waals surface area contributed by atoms with Crippen molar-refractivity contribution in [3.05, 3.63) is 99.7 Å². The highest BCUT2D eigenvalue weighted by molar-refractivity contribution is 7.98. The lowest BCUT2D eigenvalue weighted by Gasteiger charge is -2.29. The first-order chi connectivity index (χ1) is 18.9. The molecule has 0 saturated carbocycles. The molecule has 1 aliphatic rings. The molecule has 1 unspecified atom stereocenters. The molecule has 2 heterocycles. The van der Waals surface area contributed by atoms with Crippen molar-refractivity contribution in [3.63, 3.8) is 0 Å². The number of hydrogen-bond acceptors (Lipinski definition) is 7. The molecule has 4 aromatic rings. The molecule has 1 amide bonds. The van der Waals surface area contributed by atoms with Crippen LogP contribution in [0.4, 0.5) is 11.6 Å². The van der Waals surface area contributed by atoms with Crippen molar-refractivity contribution in [2.75, 3.05) is 24.9 Å². The lowest BCUT2D eigenvalue weighted by Crippen LogP contribution is -2.31. The highest BCUT2D eigenvalue weighted by Gasteiger charge is 2.35. The third-order valence-corrected chi connectivity index (χ3v) is 7.76. The summed E-state index contributed by atoms with van der Waals surface area (Å²) in [7, 11) is 3.17. The number of fused-ring (bicyclic) bond motifs is 1. The summed E-state index contributed by atoms with van der Waals surface area (Å²) in [5.74, 6) is 2.07. The monoisotopic (exact) mass is 561 g/mol. The van der Waals surface area contributed by atoms with Gasteiger partial charge in [0, 0.05) is 22.2 Å². The molecule has 0 aliphatic carbocycles. The van der Waals surface area contributed by atoms with E-state index in [1.807, 2.05) is 80.6 Å². The fraction of sp³-hybridized carbons (Fsp3) is 0.207. The zero-order chi connectivity index (χ0) is 27.5. The Bertz CT molecular complexity index is 1570. The van der Waals surface area contributed by atoms with E-state index in [-0.39, 0.29) is 5.91 Å². The van der Waals surface area contributed by atoms with Crippen LogP contribution in [0, 0.1) is 6.92 Å². The van der Waals surface area contributed by atoms with Crippen LogP contribution in [0.15, 0.2) is 83.2 Å². The number of thioether (sulfide) groups is 1. The summed E-state index contributed by atoms with van der Waals surface area (Å²) in [6.45, 7) is 3.83. The van der Waals surface area contributed by atoms with E-state index in [4.69, 9.17) is 31.2 Å². The number of carbonyl (C=O) groups excluding carboxylic acids is 1. The SMILES string of the molecule is COc1ccc(C2C(C(=O)Nc3ccccc3C)=C(C)Nc3nc(SCc4ccccc4Cl)nn32)cc1OC. The molecule has 200 valence electrons. The molecule has 8 nitrogen and oxygen atoms in total. The predicted octanol–water partition coefficient (Wildman–Crippen LogP) is 6.48. The maximum absolute atomic E-state index is 13.8. The highest BCUT2D eigenvalue weighted by Crippen LogP contribution is 2.40. The molecule has 5 rings (SSSR count). The van der Waals surface area contributed by atoms with Crippen LogP contribution in [0.2, 0.25) is 5.02 Å². The van der Waals surface area contributed by atoms with Gasteiger partial charge in [-0.2, -0.15) is 4.98 Å². The minimum Gasteiger partial charge on any atom is -0.493 e. The Kier molecular flexibility index (Phi) is 7.81. The van der Waals surface area contributed by atoms with Gasteiger partial charge in [0.1, 0.15) is 6.04 Å². The van der Waals surface area contributed by atoms with E-state index in [9.17, 15) is 4.79 Å². The zero-order valence-electron chi connectivity index (χ0n) is 22.0. The number of allylic oxidation sites excluding steroid dienone is 1. The molecule has 0 saturated heterocycles. The molecule has 1 aromatic heterocycles. The minimum absolute atomic E-state index is 0.236. The van der Waals surface area contributed by atoms with Crippen LogP contribution in [0.3, 0.4) is 0 Å². The summed E-state index contributed by atoms with van der Waals surface area (Å²) in [5.41, 5.74) is 4.71. The molecule has 0 fully saturated rings. The molecule has 0 spiro atoms. The predicted molar refractivity (Wildman–Crippen MR) is 155 cm³/mol. The Balaban J connectivity index is 1.54. The van der Waals surface area contributed by atoms with E-state index in [1.165, 1.54) is 11.8 Å². The van der Waals surface area contributed by atoms with E-state index < -0.39 is 6.04 Å². The van der Waals surface area contributed by atoms with Gasteiger partial charge < -0.3 is 20.1 Å². The molecule has 39 heavy (non-hydrogen) atoms. The van der Waals surface area contributed by atoms with Crippen LogP contribution in [0.5, 0.6) is 11.5 Å². The minimum atomic E-state index is -0.563. The molecular weight excluding hydrogens is 534 g/mol. The van der Waals surface area contributed by atoms with Crippen molar-refractivity contribution in [1.82, 2.24) is 14.8 Å². The molecule has 2 N–H and O–H groups in total. The number of amides is 1. The quantitative estimate of drug-likeness (QED) is 0.238. The number of carbonyl (C=O) groups is 1. The van der Waals surface area contributed by atoms with Crippen molar-refractivity contribution in [3.8, 4) is 11.5 Å². The number of aryl methyl sites for hydroxylation is 1. The van der Waals surface area contributed by atoms with Gasteiger partial charge in [-0.1, -0.05) is 65.8 Å². The van der Waals surface area contributed by atoms with Crippen molar-refractivity contribution in [2.45, 2.75) is 30.8 Å². The van der Waals surface area contributed by atoms with E-state index in [0.717, 1.165) is 22.4 Å². The van der Waals surface area contributed by atoms with Gasteiger partial charge in [-0.15, -0.1) is 5.10 Å². The lowest BCUT2D eigenvalue weighted by atomic mass is 9.94. The van der Waals surface area contributed by atoms with E-state index in [0.29, 0.717) is 44.6 Å². The Labute approximate surface area is 236 Å². The number of aromatic nitrogens is 3. The van der Waals surface area contributed by atoms with Gasteiger partial charge in [0.25, 0.3) is 5.91 Å². The average molecular weight is 562 g/mol. The van der Waals surface area contributed by atoms with Gasteiger partial charge in [-0.05, 0) is 54.8 Å². The van der Waals surface area contributed by atoms with E-state index in [2.05, 4.69) is 10.6 Å². The van der Waals surface area contributed by atoms with Crippen LogP contribution in [0.1, 0.15) is 29.7 Å². The van der Waals surface area contributed by atoms with Crippen LogP contribution < -0.4 is 20.1 Å². The van der Waals surface area contributed by atoms with Crippen molar-refractivity contribution in [1.29, 1.82) is 0 Å². The number of hydrogen-bond donors (Lipinski definition) is 2. The standard InChI is InChI=1S/C29H28ClN5O3S/c1-17-9-5-8-12-22(17)32-27(36)25-18(2)31-28-33-29(39-16-20-10-6-7-11-21(20)30)34-35(28)26(25)19-13-14-23(37-3)24(15-19)38-4/h5-15,26H,16H2,1-4H3,(H,32,36)(H,31,33,34). The second-order valence-corrected chi connectivity index (χ2v) is 10.3. The lowest BCUT2D eigenvalue weighted by molar-refractivity contribution is -0.113.